The van der Waals surface area contributed by atoms with Gasteiger partial charge in [0.15, 0.2) is 0 Å². The molecule has 0 bridgehead atoms. The smallest absolute Gasteiger partial charge is 0.258 e. The van der Waals surface area contributed by atoms with E-state index in [1.54, 1.807) is 0 Å². The van der Waals surface area contributed by atoms with Crippen LogP contribution in [-0.4, -0.2) is 29.9 Å². The minimum Gasteiger partial charge on any atom is -0.305 e. The Hall–Kier alpha value is -2.91. The summed E-state index contributed by atoms with van der Waals surface area (Å²) in [4.78, 5) is 18.1. The third-order valence-electron chi connectivity index (χ3n) is 6.27. The van der Waals surface area contributed by atoms with E-state index in [0.29, 0.717) is 0 Å². The van der Waals surface area contributed by atoms with E-state index in [9.17, 15) is 4.79 Å². The number of benzene rings is 3. The lowest BCUT2D eigenvalue weighted by Gasteiger charge is -2.39. The standard InChI is InChI=1S/C28H32N2O/c1-3-23-12-14-26(15-13-23)30(28(31)25-10-5-4-6-11-25)27-16-18-29(19-17-27)21-24-9-7-8-22(2)20-24/h4-15,20,27H,3,16-19,21H2,1-2H3. The number of piperidine rings is 1. The first-order valence-corrected chi connectivity index (χ1v) is 11.4. The molecular formula is C28H32N2O. The van der Waals surface area contributed by atoms with Crippen LogP contribution in [0.15, 0.2) is 78.9 Å². The predicted molar refractivity (Wildman–Crippen MR) is 129 cm³/mol. The molecule has 0 spiro atoms. The molecule has 1 saturated heterocycles. The van der Waals surface area contributed by atoms with E-state index in [0.717, 1.165) is 50.1 Å². The zero-order valence-corrected chi connectivity index (χ0v) is 18.6. The molecule has 0 saturated carbocycles. The van der Waals surface area contributed by atoms with Crippen molar-refractivity contribution in [2.75, 3.05) is 18.0 Å². The summed E-state index contributed by atoms with van der Waals surface area (Å²) in [6.07, 6.45) is 2.98. The number of aryl methyl sites for hydroxylation is 2. The van der Waals surface area contributed by atoms with Crippen molar-refractivity contribution in [3.8, 4) is 0 Å². The van der Waals surface area contributed by atoms with E-state index < -0.39 is 0 Å². The lowest BCUT2D eigenvalue weighted by atomic mass is 9.99. The Morgan fingerprint density at radius 3 is 2.26 bits per heavy atom. The van der Waals surface area contributed by atoms with Crippen LogP contribution in [0.3, 0.4) is 0 Å². The number of hydrogen-bond donors (Lipinski definition) is 0. The van der Waals surface area contributed by atoms with Crippen molar-refractivity contribution in [2.45, 2.75) is 45.7 Å². The van der Waals surface area contributed by atoms with Crippen molar-refractivity contribution in [1.29, 1.82) is 0 Å². The van der Waals surface area contributed by atoms with Gasteiger partial charge in [0.05, 0.1) is 0 Å². The third-order valence-corrected chi connectivity index (χ3v) is 6.27. The SMILES string of the molecule is CCc1ccc(N(C(=O)c2ccccc2)C2CCN(Cc3cccc(C)c3)CC2)cc1. The Bertz CT molecular complexity index is 989. The average molecular weight is 413 g/mol. The Morgan fingerprint density at radius 1 is 0.903 bits per heavy atom. The monoisotopic (exact) mass is 412 g/mol. The maximum absolute atomic E-state index is 13.5. The second-order valence-electron chi connectivity index (χ2n) is 8.56. The Balaban J connectivity index is 1.51. The highest BCUT2D eigenvalue weighted by molar-refractivity contribution is 6.06. The van der Waals surface area contributed by atoms with Crippen LogP contribution in [-0.2, 0) is 13.0 Å². The fraction of sp³-hybridized carbons (Fsp3) is 0.321. The zero-order valence-electron chi connectivity index (χ0n) is 18.6. The van der Waals surface area contributed by atoms with Gasteiger partial charge in [0.25, 0.3) is 5.91 Å². The first-order valence-electron chi connectivity index (χ1n) is 11.4. The van der Waals surface area contributed by atoms with Gasteiger partial charge in [0.2, 0.25) is 0 Å². The Labute approximate surface area is 186 Å². The second-order valence-corrected chi connectivity index (χ2v) is 8.56. The minimum absolute atomic E-state index is 0.0991. The quantitative estimate of drug-likeness (QED) is 0.506. The molecule has 0 aromatic heterocycles. The Morgan fingerprint density at radius 2 is 1.61 bits per heavy atom. The number of carbonyl (C=O) groups excluding carboxylic acids is 1. The number of anilines is 1. The molecule has 4 rings (SSSR count). The number of rotatable bonds is 6. The van der Waals surface area contributed by atoms with Crippen molar-refractivity contribution in [3.63, 3.8) is 0 Å². The largest absolute Gasteiger partial charge is 0.305 e. The van der Waals surface area contributed by atoms with E-state index in [2.05, 4.69) is 67.3 Å². The fourth-order valence-electron chi connectivity index (χ4n) is 4.51. The van der Waals surface area contributed by atoms with Crippen molar-refractivity contribution < 1.29 is 4.79 Å². The first kappa shape index (κ1) is 21.3. The molecule has 0 unspecified atom stereocenters. The number of carbonyl (C=O) groups is 1. The summed E-state index contributed by atoms with van der Waals surface area (Å²) in [5, 5.41) is 0. The van der Waals surface area contributed by atoms with Crippen LogP contribution < -0.4 is 4.90 Å². The molecule has 3 nitrogen and oxygen atoms in total. The number of amides is 1. The van der Waals surface area contributed by atoms with E-state index in [1.165, 1.54) is 16.7 Å². The number of likely N-dealkylation sites (tertiary alicyclic amines) is 1. The molecule has 0 N–H and O–H groups in total. The summed E-state index contributed by atoms with van der Waals surface area (Å²) in [6, 6.07) is 27.2. The second kappa shape index (κ2) is 9.93. The molecule has 31 heavy (non-hydrogen) atoms. The van der Waals surface area contributed by atoms with E-state index >= 15 is 0 Å². The van der Waals surface area contributed by atoms with Gasteiger partial charge in [-0.3, -0.25) is 9.69 Å². The molecule has 1 fully saturated rings. The van der Waals surface area contributed by atoms with Gasteiger partial charge in [-0.15, -0.1) is 0 Å². The molecule has 0 aliphatic carbocycles. The topological polar surface area (TPSA) is 23.6 Å². The zero-order chi connectivity index (χ0) is 21.6. The molecule has 1 aliphatic rings. The van der Waals surface area contributed by atoms with Gasteiger partial charge in [-0.05, 0) is 61.6 Å². The van der Waals surface area contributed by atoms with Gasteiger partial charge in [-0.2, -0.15) is 0 Å². The van der Waals surface area contributed by atoms with E-state index in [4.69, 9.17) is 0 Å². The van der Waals surface area contributed by atoms with Gasteiger partial charge < -0.3 is 4.90 Å². The lowest BCUT2D eigenvalue weighted by molar-refractivity contribution is 0.0958. The summed E-state index contributed by atoms with van der Waals surface area (Å²) < 4.78 is 0. The highest BCUT2D eigenvalue weighted by atomic mass is 16.2. The molecule has 1 heterocycles. The van der Waals surface area contributed by atoms with Crippen LogP contribution in [0.4, 0.5) is 5.69 Å². The molecule has 1 aliphatic heterocycles. The lowest BCUT2D eigenvalue weighted by Crippen LogP contribution is -2.47. The van der Waals surface area contributed by atoms with E-state index in [1.807, 2.05) is 35.2 Å². The van der Waals surface area contributed by atoms with Crippen LogP contribution in [0.2, 0.25) is 0 Å². The molecule has 0 atom stereocenters. The van der Waals surface area contributed by atoms with Crippen molar-refractivity contribution in [1.82, 2.24) is 4.90 Å². The summed E-state index contributed by atoms with van der Waals surface area (Å²) in [5.74, 6) is 0.0991. The van der Waals surface area contributed by atoms with Gasteiger partial charge >= 0.3 is 0 Å². The fourth-order valence-corrected chi connectivity index (χ4v) is 4.51. The summed E-state index contributed by atoms with van der Waals surface area (Å²) in [6.45, 7) is 7.29. The average Bonchev–Trinajstić information content (AvgIpc) is 2.81. The van der Waals surface area contributed by atoms with Crippen LogP contribution >= 0.6 is 0 Å². The number of hydrogen-bond acceptors (Lipinski definition) is 2. The van der Waals surface area contributed by atoms with Crippen LogP contribution in [0.25, 0.3) is 0 Å². The molecule has 3 aromatic rings. The molecule has 0 radical (unpaired) electrons. The normalized spacial score (nSPS) is 15.0. The maximum atomic E-state index is 13.5. The van der Waals surface area contributed by atoms with Crippen LogP contribution in [0.1, 0.15) is 46.8 Å². The van der Waals surface area contributed by atoms with Crippen LogP contribution in [0.5, 0.6) is 0 Å². The summed E-state index contributed by atoms with van der Waals surface area (Å²) in [5.41, 5.74) is 5.73. The molecule has 3 aromatic carbocycles. The minimum atomic E-state index is 0.0991. The van der Waals surface area contributed by atoms with E-state index in [-0.39, 0.29) is 11.9 Å². The van der Waals surface area contributed by atoms with Crippen molar-refractivity contribution in [3.05, 3.63) is 101 Å². The highest BCUT2D eigenvalue weighted by Gasteiger charge is 2.29. The molecule has 160 valence electrons. The first-order chi connectivity index (χ1) is 15.1. The Kier molecular flexibility index (Phi) is 6.83. The van der Waals surface area contributed by atoms with Gasteiger partial charge in [-0.25, -0.2) is 0 Å². The summed E-state index contributed by atoms with van der Waals surface area (Å²) in [7, 11) is 0. The number of nitrogens with zero attached hydrogens (tertiary/aromatic N) is 2. The molecule has 1 amide bonds. The van der Waals surface area contributed by atoms with Gasteiger partial charge in [-0.1, -0.05) is 67.1 Å². The van der Waals surface area contributed by atoms with Gasteiger partial charge in [0.1, 0.15) is 0 Å². The van der Waals surface area contributed by atoms with Crippen LogP contribution in [0, 0.1) is 6.92 Å². The molecule has 3 heteroatoms. The molecular weight excluding hydrogens is 380 g/mol. The van der Waals surface area contributed by atoms with Gasteiger partial charge in [0, 0.05) is 36.9 Å². The summed E-state index contributed by atoms with van der Waals surface area (Å²) >= 11 is 0. The van der Waals surface area contributed by atoms with Crippen molar-refractivity contribution >= 4 is 11.6 Å². The van der Waals surface area contributed by atoms with Crippen molar-refractivity contribution in [2.24, 2.45) is 0 Å². The third kappa shape index (κ3) is 5.23. The maximum Gasteiger partial charge on any atom is 0.258 e. The predicted octanol–water partition coefficient (Wildman–Crippen LogP) is 5.87. The highest BCUT2D eigenvalue weighted by Crippen LogP contribution is 2.27.